The number of carbonyl (C=O) groups excluding carboxylic acids is 12. The minimum atomic E-state index is -0.984. The molecule has 0 aliphatic carbocycles. The maximum Gasteiger partial charge on any atom is 0.410 e. The molecule has 572 valence electrons. The number of nitrogens with one attached hydrogen (secondary N) is 5. The van der Waals surface area contributed by atoms with E-state index >= 15 is 0 Å². The van der Waals surface area contributed by atoms with Crippen LogP contribution in [0.25, 0.3) is 0 Å². The normalized spacial score (nSPS) is 16.0. The number of methoxy groups -OCH3 is 2. The molecule has 0 aromatic heterocycles. The van der Waals surface area contributed by atoms with Gasteiger partial charge in [-0.15, -0.1) is 0 Å². The highest BCUT2D eigenvalue weighted by Crippen LogP contribution is 2.34. The Hall–Kier alpha value is -8.94. The zero-order valence-electron chi connectivity index (χ0n) is 63.5. The van der Waals surface area contributed by atoms with Crippen LogP contribution in [0.2, 0.25) is 0 Å². The van der Waals surface area contributed by atoms with Crippen LogP contribution in [0.4, 0.5) is 26.7 Å². The molecular formula is C79H115N9O16. The summed E-state index contributed by atoms with van der Waals surface area (Å²) in [6, 6.07) is 16.4. The van der Waals surface area contributed by atoms with Crippen molar-refractivity contribution in [3.63, 3.8) is 0 Å². The zero-order valence-corrected chi connectivity index (χ0v) is 63.5. The van der Waals surface area contributed by atoms with Crippen LogP contribution in [0.3, 0.4) is 0 Å². The molecule has 9 amide bonds. The average Bonchev–Trinajstić information content (AvgIpc) is 1.15. The summed E-state index contributed by atoms with van der Waals surface area (Å²) < 4.78 is 17.9. The number of primary amides is 1. The maximum atomic E-state index is 14.9. The molecule has 1 heterocycles. The first-order valence-electron chi connectivity index (χ1n) is 36.3. The summed E-state index contributed by atoms with van der Waals surface area (Å²) in [5, 5.41) is 24.4. The predicted molar refractivity (Wildman–Crippen MR) is 400 cm³/mol. The van der Waals surface area contributed by atoms with Gasteiger partial charge in [-0.3, -0.25) is 47.9 Å². The van der Waals surface area contributed by atoms with Crippen molar-refractivity contribution in [3.8, 4) is 0 Å². The van der Waals surface area contributed by atoms with Gasteiger partial charge in [0.15, 0.2) is 17.3 Å². The number of hydrogen-bond acceptors (Lipinski definition) is 16. The van der Waals surface area contributed by atoms with E-state index < -0.39 is 108 Å². The van der Waals surface area contributed by atoms with Crippen LogP contribution in [0, 0.1) is 47.3 Å². The number of urea groups is 1. The minimum Gasteiger partial charge on any atom is -0.445 e. The first kappa shape index (κ1) is 87.5. The van der Waals surface area contributed by atoms with E-state index in [9.17, 15) is 62.6 Å². The van der Waals surface area contributed by atoms with Crippen LogP contribution in [-0.4, -0.2) is 168 Å². The molecule has 1 aliphatic heterocycles. The van der Waals surface area contributed by atoms with E-state index in [-0.39, 0.29) is 141 Å². The molecule has 1 aliphatic rings. The monoisotopic (exact) mass is 1450 g/mol. The van der Waals surface area contributed by atoms with Crippen LogP contribution in [0.5, 0.6) is 0 Å². The molecule has 3 aromatic carbocycles. The summed E-state index contributed by atoms with van der Waals surface area (Å²) in [7, 11) is 6.21. The summed E-state index contributed by atoms with van der Waals surface area (Å²) in [6.45, 7) is 25.7. The number of rotatable bonds is 45. The summed E-state index contributed by atoms with van der Waals surface area (Å²) >= 11 is 0. The first-order valence-corrected chi connectivity index (χ1v) is 36.3. The fraction of sp³-hybridized carbons (Fsp3) is 0.570. The molecule has 3 aromatic rings. The number of hydrogen-bond donors (Lipinski definition) is 7. The van der Waals surface area contributed by atoms with Gasteiger partial charge in [0.05, 0.1) is 48.9 Å². The Morgan fingerprint density at radius 3 is 1.85 bits per heavy atom. The van der Waals surface area contributed by atoms with Gasteiger partial charge in [0.25, 0.3) is 0 Å². The number of aliphatic hydroxyl groups excluding tert-OH is 1. The summed E-state index contributed by atoms with van der Waals surface area (Å²) in [5.41, 5.74) is 7.63. The number of Topliss-reactive ketones (excluding diaryl/α,β-unsaturated/α-hetero) is 4. The van der Waals surface area contributed by atoms with Crippen LogP contribution in [0.1, 0.15) is 180 Å². The molecule has 1 unspecified atom stereocenters. The Kier molecular flexibility index (Phi) is 36.5. The van der Waals surface area contributed by atoms with Crippen LogP contribution < -0.4 is 32.3 Å². The third kappa shape index (κ3) is 26.6. The number of likely N-dealkylation sites (tertiary alicyclic amines) is 1. The van der Waals surface area contributed by atoms with Crippen molar-refractivity contribution < 1.29 is 76.9 Å². The van der Waals surface area contributed by atoms with E-state index in [2.05, 4.69) is 39.7 Å². The topological polar surface area (TPSA) is 349 Å². The van der Waals surface area contributed by atoms with Crippen molar-refractivity contribution in [2.24, 2.45) is 53.1 Å². The molecule has 12 atom stereocenters. The van der Waals surface area contributed by atoms with Gasteiger partial charge in [0.2, 0.25) is 35.4 Å². The van der Waals surface area contributed by atoms with E-state index in [1.807, 2.05) is 71.9 Å². The second kappa shape index (κ2) is 43.4. The third-order valence-electron chi connectivity index (χ3n) is 19.7. The number of benzene rings is 3. The fourth-order valence-electron chi connectivity index (χ4n) is 13.6. The lowest BCUT2D eigenvalue weighted by atomic mass is 9.83. The molecule has 8 N–H and O–H groups in total. The molecule has 104 heavy (non-hydrogen) atoms. The van der Waals surface area contributed by atoms with Gasteiger partial charge in [0, 0.05) is 114 Å². The summed E-state index contributed by atoms with van der Waals surface area (Å²) in [5.74, 6) is -7.53. The number of ether oxygens (including phenoxy) is 3. The molecule has 0 saturated carbocycles. The minimum absolute atomic E-state index is 0.0186. The molecule has 4 rings (SSSR count). The second-order valence-corrected chi connectivity index (χ2v) is 28.6. The zero-order chi connectivity index (χ0) is 77.7. The molecule has 1 saturated heterocycles. The van der Waals surface area contributed by atoms with E-state index in [0.717, 1.165) is 17.7 Å². The highest BCUT2D eigenvalue weighted by molar-refractivity contribution is 6.05. The van der Waals surface area contributed by atoms with Gasteiger partial charge in [-0.2, -0.15) is 0 Å². The van der Waals surface area contributed by atoms with Gasteiger partial charge >= 0.3 is 12.1 Å². The maximum absolute atomic E-state index is 14.9. The second-order valence-electron chi connectivity index (χ2n) is 28.6. The molecule has 0 radical (unpaired) electrons. The molecule has 1 fully saturated rings. The van der Waals surface area contributed by atoms with E-state index in [4.69, 9.17) is 19.9 Å². The van der Waals surface area contributed by atoms with Crippen molar-refractivity contribution in [2.45, 2.75) is 202 Å². The molecule has 25 heteroatoms. The highest BCUT2D eigenvalue weighted by Gasteiger charge is 2.44. The van der Waals surface area contributed by atoms with Crippen molar-refractivity contribution in [2.75, 3.05) is 57.4 Å². The largest absolute Gasteiger partial charge is 0.445 e. The quantitative estimate of drug-likeness (QED) is 0.0157. The van der Waals surface area contributed by atoms with E-state index in [1.165, 1.54) is 37.3 Å². The Balaban J connectivity index is 1.38. The number of nitrogens with two attached hydrogens (primary N) is 1. The van der Waals surface area contributed by atoms with Gasteiger partial charge in [-0.25, -0.2) is 9.59 Å². The Morgan fingerprint density at radius 2 is 1.30 bits per heavy atom. The van der Waals surface area contributed by atoms with Crippen LogP contribution in [0.15, 0.2) is 98.1 Å². The van der Waals surface area contributed by atoms with Crippen molar-refractivity contribution >= 4 is 87.8 Å². The SMILES string of the molecule is C=CC(=O)Nc1cc(NC(=O)C=C)cc(C(=O)CCCCC(=O)N[C@H](C(=O)C[C@@H](CCCNC(N)=O)C(=O)Nc2ccc(COC(=O)N(C)[C@H](C(=O)CC(C(=O)N(C)[C@@H]([C@H](C)CC)[C@@H](CC(=O)N3CCC[C@H]3[C@H](OC)[C@@H](C)C(=O)C[C@H](C)[C@@H](O)c3ccccc3)OC)C(C)C)C(C)C)cc2)C(C)C)c1. The average molecular weight is 1450 g/mol. The van der Waals surface area contributed by atoms with E-state index in [1.54, 1.807) is 75.9 Å². The predicted octanol–water partition coefficient (Wildman–Crippen LogP) is 10.6. The standard InChI is InChI=1S/C79H115N9O16/c1-17-50(10)73(66(102-15)45-70(96)88-38-26-30-61(88)75(103-16)52(12)63(90)39-51(11)74(97)54-27-21-20-22-28-54)86(13)77(99)60(47(4)5)44-65(92)72(49(8)9)87(14)79(101)104-46-53-33-35-57(36-34-53)84-76(98)55(29-25-37-81-78(80)100)42-64(91)71(48(6)7)85-69(95)32-24-23-31-62(89)56-40-58(82-67(93)18-2)43-59(41-56)83-68(94)19-3/h18-22,27-28,33-36,40-41,43,47-52,55,60-61,66,71-75,97H,2-3,17,23-26,29-32,37-39,42,44-46H2,1,4-16H3,(H,82,93)(H,83,94)(H,84,98)(H,85,95)(H3,80,81,100)/t50-,51+,52+,55-,60?,61+,66-,71+,72+,73+,74-,75-/m1/s1. The van der Waals surface area contributed by atoms with E-state index in [0.29, 0.717) is 43.5 Å². The number of nitrogens with zero attached hydrogens (tertiary/aromatic N) is 3. The number of unbranched alkanes of at least 4 members (excludes halogenated alkanes) is 1. The Morgan fingerprint density at radius 1 is 0.683 bits per heavy atom. The molecule has 0 bridgehead atoms. The smallest absolute Gasteiger partial charge is 0.410 e. The lowest BCUT2D eigenvalue weighted by molar-refractivity contribution is -0.149. The summed E-state index contributed by atoms with van der Waals surface area (Å²) in [6.07, 6.45) is 1.74. The number of likely N-dealkylation sites (N-methyl/N-ethyl adjacent to an activating group) is 2. The Labute approximate surface area is 614 Å². The van der Waals surface area contributed by atoms with Gasteiger partial charge in [-0.05, 0) is 122 Å². The summed E-state index contributed by atoms with van der Waals surface area (Å²) in [4.78, 5) is 167. The third-order valence-corrected chi connectivity index (χ3v) is 19.7. The lowest BCUT2D eigenvalue weighted by Crippen LogP contribution is -2.54. The number of aliphatic hydroxyl groups is 1. The van der Waals surface area contributed by atoms with Crippen molar-refractivity contribution in [3.05, 3.63) is 115 Å². The van der Waals surface area contributed by atoms with Gasteiger partial charge in [0.1, 0.15) is 12.4 Å². The number of carbonyl (C=O) groups is 12. The number of anilines is 3. The van der Waals surface area contributed by atoms with Crippen LogP contribution in [-0.2, 0) is 64.0 Å². The number of amides is 9. The molecule has 0 spiro atoms. The van der Waals surface area contributed by atoms with Gasteiger partial charge < -0.3 is 66.3 Å². The van der Waals surface area contributed by atoms with Crippen molar-refractivity contribution in [1.29, 1.82) is 0 Å². The van der Waals surface area contributed by atoms with Crippen LogP contribution >= 0.6 is 0 Å². The van der Waals surface area contributed by atoms with Crippen molar-refractivity contribution in [1.82, 2.24) is 25.3 Å². The fourth-order valence-corrected chi connectivity index (χ4v) is 13.6. The number of ketones is 4. The first-order chi connectivity index (χ1) is 49.2. The van der Waals surface area contributed by atoms with Gasteiger partial charge in [-0.1, -0.05) is 131 Å². The molecule has 25 nitrogen and oxygen atoms in total. The molecular weight excluding hydrogens is 1330 g/mol. The lowest BCUT2D eigenvalue weighted by Gasteiger charge is -2.41. The Bertz CT molecular complexity index is 3380. The highest BCUT2D eigenvalue weighted by atomic mass is 16.6.